The Kier molecular flexibility index (Phi) is 9.53. The van der Waals surface area contributed by atoms with Gasteiger partial charge in [0.1, 0.15) is 18.3 Å². The van der Waals surface area contributed by atoms with Gasteiger partial charge in [0, 0.05) is 38.2 Å². The molecule has 0 bridgehead atoms. The molecule has 1 N–H and O–H groups in total. The highest BCUT2D eigenvalue weighted by molar-refractivity contribution is 7.89. The zero-order valence-electron chi connectivity index (χ0n) is 23.5. The summed E-state index contributed by atoms with van der Waals surface area (Å²) in [5, 5.41) is 13.9. The number of aryl methyl sites for hydroxylation is 1. The second-order valence-electron chi connectivity index (χ2n) is 9.83. The van der Waals surface area contributed by atoms with Gasteiger partial charge in [-0.05, 0) is 42.0 Å². The van der Waals surface area contributed by atoms with Gasteiger partial charge in [0.2, 0.25) is 21.8 Å². The number of halogens is 5. The molecule has 12 nitrogen and oxygen atoms in total. The Labute approximate surface area is 248 Å². The number of aromatic nitrogens is 4. The van der Waals surface area contributed by atoms with Crippen LogP contribution in [0.25, 0.3) is 0 Å². The molecule has 0 radical (unpaired) electrons. The van der Waals surface area contributed by atoms with Gasteiger partial charge in [0.05, 0.1) is 4.90 Å². The quantitative estimate of drug-likeness (QED) is 0.332. The van der Waals surface area contributed by atoms with E-state index in [0.717, 1.165) is 33.4 Å². The lowest BCUT2D eigenvalue weighted by Gasteiger charge is -2.39. The fourth-order valence-corrected chi connectivity index (χ4v) is 6.00. The molecule has 2 aromatic carbocycles. The molecule has 4 rings (SSSR count). The fraction of sp³-hybridized carbons (Fsp3) is 0.423. The number of rotatable bonds is 10. The molecule has 44 heavy (non-hydrogen) atoms. The number of amides is 2. The lowest BCUT2D eigenvalue weighted by Crippen LogP contribution is -2.61. The maximum absolute atomic E-state index is 14.0. The van der Waals surface area contributed by atoms with Crippen LogP contribution in [0.2, 0.25) is 0 Å². The van der Waals surface area contributed by atoms with E-state index in [1.165, 1.54) is 36.1 Å². The molecule has 18 heteroatoms. The fourth-order valence-electron chi connectivity index (χ4n) is 4.43. The topological polar surface area (TPSA) is 140 Å². The van der Waals surface area contributed by atoms with Crippen LogP contribution < -0.4 is 10.1 Å². The summed E-state index contributed by atoms with van der Waals surface area (Å²) in [4.78, 5) is 28.3. The molecule has 1 aliphatic heterocycles. The van der Waals surface area contributed by atoms with E-state index >= 15 is 0 Å². The second kappa shape index (κ2) is 12.8. The summed E-state index contributed by atoms with van der Waals surface area (Å²) in [6, 6.07) is 7.30. The van der Waals surface area contributed by atoms with Gasteiger partial charge in [-0.15, -0.1) is 23.4 Å². The molecular formula is C26H28F5N7O5S. The van der Waals surface area contributed by atoms with Crippen molar-refractivity contribution in [2.24, 2.45) is 0 Å². The highest BCUT2D eigenvalue weighted by atomic mass is 32.2. The SMILES string of the molecule is CCC(F)(F)c1ccc(CNC(=O)[C@H]2CN(C(=O)Cn3nnc(C)n3)CCN2S(=O)(=O)c2ccc(OC(F)(F)F)cc2)cc1. The Balaban J connectivity index is 1.54. The minimum atomic E-state index is -4.98. The number of benzene rings is 2. The molecule has 0 aliphatic carbocycles. The van der Waals surface area contributed by atoms with E-state index in [1.807, 2.05) is 0 Å². The van der Waals surface area contributed by atoms with Gasteiger partial charge in [-0.25, -0.2) is 17.2 Å². The Hall–Kier alpha value is -4.19. The van der Waals surface area contributed by atoms with Gasteiger partial charge in [-0.1, -0.05) is 31.2 Å². The first kappa shape index (κ1) is 32.7. The van der Waals surface area contributed by atoms with E-state index in [2.05, 4.69) is 25.5 Å². The number of ether oxygens (including phenoxy) is 1. The molecule has 1 fully saturated rings. The average molecular weight is 646 g/mol. The van der Waals surface area contributed by atoms with Crippen LogP contribution in [-0.4, -0.2) is 81.7 Å². The van der Waals surface area contributed by atoms with Gasteiger partial charge >= 0.3 is 6.36 Å². The number of tetrazole rings is 1. The number of nitrogens with one attached hydrogen (secondary N) is 1. The van der Waals surface area contributed by atoms with E-state index in [-0.39, 0.29) is 38.3 Å². The van der Waals surface area contributed by atoms with Crippen LogP contribution in [0.1, 0.15) is 30.3 Å². The van der Waals surface area contributed by atoms with Crippen LogP contribution in [0.3, 0.4) is 0 Å². The van der Waals surface area contributed by atoms with Crippen LogP contribution >= 0.6 is 0 Å². The lowest BCUT2D eigenvalue weighted by molar-refractivity contribution is -0.274. The van der Waals surface area contributed by atoms with Crippen LogP contribution in [-0.2, 0) is 38.6 Å². The van der Waals surface area contributed by atoms with Crippen molar-refractivity contribution in [1.82, 2.24) is 34.7 Å². The zero-order chi connectivity index (χ0) is 32.3. The van der Waals surface area contributed by atoms with Crippen molar-refractivity contribution in [1.29, 1.82) is 0 Å². The largest absolute Gasteiger partial charge is 0.573 e. The predicted octanol–water partition coefficient (Wildman–Crippen LogP) is 2.60. The standard InChI is InChI=1S/C26H28F5N7O5S/c1-3-25(27,28)19-6-4-18(5-7-19)14-32-24(40)22-15-36(23(39)16-38-34-17(2)33-35-38)12-13-37(22)44(41,42)21-10-8-20(9-11-21)43-26(29,30)31/h4-11,22H,3,12-16H2,1-2H3,(H,32,40)/t22-/m1/s1. The number of hydrogen-bond donors (Lipinski definition) is 1. The first-order valence-electron chi connectivity index (χ1n) is 13.2. The molecule has 238 valence electrons. The molecule has 1 aromatic heterocycles. The summed E-state index contributed by atoms with van der Waals surface area (Å²) in [7, 11) is -4.45. The second-order valence-corrected chi connectivity index (χ2v) is 11.7. The molecule has 0 spiro atoms. The van der Waals surface area contributed by atoms with Crippen molar-refractivity contribution in [3.63, 3.8) is 0 Å². The molecule has 0 saturated carbocycles. The van der Waals surface area contributed by atoms with Crippen molar-refractivity contribution in [3.05, 3.63) is 65.5 Å². The molecular weight excluding hydrogens is 617 g/mol. The van der Waals surface area contributed by atoms with Gasteiger partial charge in [0.25, 0.3) is 5.92 Å². The third-order valence-electron chi connectivity index (χ3n) is 6.77. The van der Waals surface area contributed by atoms with Crippen LogP contribution in [0.4, 0.5) is 22.0 Å². The number of nitrogens with zero attached hydrogens (tertiary/aromatic N) is 6. The first-order chi connectivity index (χ1) is 20.6. The van der Waals surface area contributed by atoms with Crippen molar-refractivity contribution in [2.75, 3.05) is 19.6 Å². The van der Waals surface area contributed by atoms with Crippen molar-refractivity contribution >= 4 is 21.8 Å². The smallest absolute Gasteiger partial charge is 0.406 e. The van der Waals surface area contributed by atoms with Gasteiger partial charge < -0.3 is 15.0 Å². The predicted molar refractivity (Wildman–Crippen MR) is 142 cm³/mol. The number of alkyl halides is 5. The minimum Gasteiger partial charge on any atom is -0.406 e. The van der Waals surface area contributed by atoms with Gasteiger partial charge in [-0.2, -0.15) is 9.10 Å². The number of sulfonamides is 1. The van der Waals surface area contributed by atoms with Crippen LogP contribution in [0.15, 0.2) is 53.4 Å². The van der Waals surface area contributed by atoms with Crippen LogP contribution in [0, 0.1) is 6.92 Å². The summed E-state index contributed by atoms with van der Waals surface area (Å²) in [5.74, 6) is -4.64. The summed E-state index contributed by atoms with van der Waals surface area (Å²) in [5.41, 5.74) is 0.262. The zero-order valence-corrected chi connectivity index (χ0v) is 24.3. The third kappa shape index (κ3) is 7.85. The van der Waals surface area contributed by atoms with E-state index in [9.17, 15) is 40.0 Å². The number of hydrogen-bond acceptors (Lipinski definition) is 8. The first-order valence-corrected chi connectivity index (χ1v) is 14.7. The Morgan fingerprint density at radius 2 is 1.68 bits per heavy atom. The number of carbonyl (C=O) groups excluding carboxylic acids is 2. The van der Waals surface area contributed by atoms with E-state index < -0.39 is 57.2 Å². The summed E-state index contributed by atoms with van der Waals surface area (Å²) >= 11 is 0. The molecule has 3 aromatic rings. The van der Waals surface area contributed by atoms with Crippen molar-refractivity contribution in [2.45, 2.75) is 56.6 Å². The Morgan fingerprint density at radius 1 is 1.02 bits per heavy atom. The Bertz CT molecular complexity index is 1580. The molecule has 0 unspecified atom stereocenters. The molecule has 2 heterocycles. The molecule has 1 atom stereocenters. The average Bonchev–Trinajstić information content (AvgIpc) is 3.39. The Morgan fingerprint density at radius 3 is 2.25 bits per heavy atom. The number of carbonyl (C=O) groups is 2. The van der Waals surface area contributed by atoms with Crippen molar-refractivity contribution in [3.8, 4) is 5.75 Å². The maximum Gasteiger partial charge on any atom is 0.573 e. The van der Waals surface area contributed by atoms with E-state index in [0.29, 0.717) is 11.4 Å². The van der Waals surface area contributed by atoms with Gasteiger partial charge in [0.15, 0.2) is 5.82 Å². The maximum atomic E-state index is 14.0. The van der Waals surface area contributed by atoms with Gasteiger partial charge in [-0.3, -0.25) is 9.59 Å². The summed E-state index contributed by atoms with van der Waals surface area (Å²) < 4.78 is 97.4. The normalized spacial score (nSPS) is 16.5. The van der Waals surface area contributed by atoms with E-state index in [4.69, 9.17) is 0 Å². The molecule has 1 saturated heterocycles. The van der Waals surface area contributed by atoms with Crippen molar-refractivity contribution < 1.29 is 44.7 Å². The monoisotopic (exact) mass is 645 g/mol. The molecule has 2 amide bonds. The highest BCUT2D eigenvalue weighted by Gasteiger charge is 2.41. The van der Waals surface area contributed by atoms with E-state index in [1.54, 1.807) is 6.92 Å². The number of piperazine rings is 1. The summed E-state index contributed by atoms with van der Waals surface area (Å²) in [6.45, 7) is 1.66. The summed E-state index contributed by atoms with van der Waals surface area (Å²) in [6.07, 6.45) is -5.38. The highest BCUT2D eigenvalue weighted by Crippen LogP contribution is 2.31. The lowest BCUT2D eigenvalue weighted by atomic mass is 10.0. The molecule has 1 aliphatic rings. The third-order valence-corrected chi connectivity index (χ3v) is 8.69. The van der Waals surface area contributed by atoms with Crippen LogP contribution in [0.5, 0.6) is 5.75 Å². The minimum absolute atomic E-state index is 0.113.